The lowest BCUT2D eigenvalue weighted by Gasteiger charge is -2.17. The smallest absolute Gasteiger partial charge is 0.119 e. The average molecular weight is 223 g/mol. The third-order valence-corrected chi connectivity index (χ3v) is 2.61. The van der Waals surface area contributed by atoms with Crippen LogP contribution in [0.25, 0.3) is 0 Å². The molecule has 2 heteroatoms. The van der Waals surface area contributed by atoms with Crippen molar-refractivity contribution in [1.29, 1.82) is 0 Å². The first kappa shape index (κ1) is 15.0. The lowest BCUT2D eigenvalue weighted by Crippen LogP contribution is -2.16. The molecule has 0 aromatic heterocycles. The zero-order valence-corrected chi connectivity index (χ0v) is 11.4. The molecule has 0 radical (unpaired) electrons. The normalized spacial score (nSPS) is 11.4. The molecule has 1 aromatic rings. The standard InChI is InChI=1S/C12H19NO.C2H6/c1-5-12(13-3)11-7-6-10(14-4)8-9(11)2;1-2/h6-8,12-13H,5H2,1-4H3;1-2H3. The maximum atomic E-state index is 5.18. The Bertz CT molecular complexity index is 293. The van der Waals surface area contributed by atoms with Gasteiger partial charge in [0.05, 0.1) is 7.11 Å². The quantitative estimate of drug-likeness (QED) is 0.840. The predicted octanol–water partition coefficient (Wildman–Crippen LogP) is 3.70. The minimum atomic E-state index is 0.445. The molecule has 1 N–H and O–H groups in total. The molecule has 16 heavy (non-hydrogen) atoms. The topological polar surface area (TPSA) is 21.3 Å². The van der Waals surface area contributed by atoms with Crippen molar-refractivity contribution >= 4 is 0 Å². The highest BCUT2D eigenvalue weighted by Crippen LogP contribution is 2.23. The van der Waals surface area contributed by atoms with E-state index < -0.39 is 0 Å². The zero-order chi connectivity index (χ0) is 12.6. The van der Waals surface area contributed by atoms with E-state index in [2.05, 4.69) is 31.3 Å². The summed E-state index contributed by atoms with van der Waals surface area (Å²) in [5.41, 5.74) is 2.64. The second kappa shape index (κ2) is 8.17. The van der Waals surface area contributed by atoms with Crippen LogP contribution < -0.4 is 10.1 Å². The lowest BCUT2D eigenvalue weighted by molar-refractivity contribution is 0.414. The first-order chi connectivity index (χ1) is 7.72. The third-order valence-electron chi connectivity index (χ3n) is 2.61. The number of rotatable bonds is 4. The molecule has 1 aromatic carbocycles. The molecule has 0 saturated heterocycles. The maximum Gasteiger partial charge on any atom is 0.119 e. The molecular weight excluding hydrogens is 198 g/mol. The largest absolute Gasteiger partial charge is 0.497 e. The van der Waals surface area contributed by atoms with Crippen molar-refractivity contribution in [1.82, 2.24) is 5.32 Å². The number of aryl methyl sites for hydroxylation is 1. The van der Waals surface area contributed by atoms with Crippen LogP contribution in [0.1, 0.15) is 44.4 Å². The molecule has 0 aliphatic heterocycles. The van der Waals surface area contributed by atoms with Gasteiger partial charge in [-0.3, -0.25) is 0 Å². The molecule has 0 amide bonds. The molecule has 1 rings (SSSR count). The van der Waals surface area contributed by atoms with E-state index in [1.54, 1.807) is 7.11 Å². The minimum absolute atomic E-state index is 0.445. The molecule has 0 saturated carbocycles. The molecular formula is C14H25NO. The highest BCUT2D eigenvalue weighted by atomic mass is 16.5. The van der Waals surface area contributed by atoms with Gasteiger partial charge >= 0.3 is 0 Å². The number of hydrogen-bond donors (Lipinski definition) is 1. The Morgan fingerprint density at radius 2 is 1.94 bits per heavy atom. The van der Waals surface area contributed by atoms with E-state index in [0.717, 1.165) is 12.2 Å². The van der Waals surface area contributed by atoms with Crippen LogP contribution in [-0.4, -0.2) is 14.2 Å². The molecule has 2 nitrogen and oxygen atoms in total. The van der Waals surface area contributed by atoms with Crippen LogP contribution in [0.2, 0.25) is 0 Å². The Hall–Kier alpha value is -1.02. The van der Waals surface area contributed by atoms with Crippen LogP contribution in [0.15, 0.2) is 18.2 Å². The number of benzene rings is 1. The van der Waals surface area contributed by atoms with Gasteiger partial charge in [-0.2, -0.15) is 0 Å². The van der Waals surface area contributed by atoms with Gasteiger partial charge in [0, 0.05) is 6.04 Å². The Morgan fingerprint density at radius 3 is 2.31 bits per heavy atom. The molecule has 0 aliphatic carbocycles. The van der Waals surface area contributed by atoms with Gasteiger partial charge in [-0.15, -0.1) is 0 Å². The van der Waals surface area contributed by atoms with Crippen molar-refractivity contribution in [3.05, 3.63) is 29.3 Å². The summed E-state index contributed by atoms with van der Waals surface area (Å²) in [6, 6.07) is 6.68. The lowest BCUT2D eigenvalue weighted by atomic mass is 9.99. The van der Waals surface area contributed by atoms with Gasteiger partial charge in [0.25, 0.3) is 0 Å². The van der Waals surface area contributed by atoms with Gasteiger partial charge in [0.2, 0.25) is 0 Å². The van der Waals surface area contributed by atoms with Gasteiger partial charge in [0.15, 0.2) is 0 Å². The number of ether oxygens (including phenoxy) is 1. The van der Waals surface area contributed by atoms with E-state index in [1.807, 2.05) is 27.0 Å². The molecule has 0 bridgehead atoms. The molecule has 1 unspecified atom stereocenters. The number of nitrogens with one attached hydrogen (secondary N) is 1. The van der Waals surface area contributed by atoms with Crippen LogP contribution in [-0.2, 0) is 0 Å². The predicted molar refractivity (Wildman–Crippen MR) is 71.2 cm³/mol. The number of methoxy groups -OCH3 is 1. The number of hydrogen-bond acceptors (Lipinski definition) is 2. The van der Waals surface area contributed by atoms with E-state index in [0.29, 0.717) is 6.04 Å². The summed E-state index contributed by atoms with van der Waals surface area (Å²) in [5.74, 6) is 0.928. The van der Waals surface area contributed by atoms with Crippen LogP contribution in [0, 0.1) is 6.92 Å². The Kier molecular flexibility index (Phi) is 7.65. The fourth-order valence-corrected chi connectivity index (χ4v) is 1.75. The highest BCUT2D eigenvalue weighted by Gasteiger charge is 2.09. The van der Waals surface area contributed by atoms with Crippen LogP contribution in [0.4, 0.5) is 0 Å². The highest BCUT2D eigenvalue weighted by molar-refractivity contribution is 5.36. The van der Waals surface area contributed by atoms with E-state index in [9.17, 15) is 0 Å². The summed E-state index contributed by atoms with van der Waals surface area (Å²) < 4.78 is 5.18. The molecule has 0 aliphatic rings. The molecule has 0 fully saturated rings. The van der Waals surface area contributed by atoms with Crippen molar-refractivity contribution in [2.75, 3.05) is 14.2 Å². The molecule has 92 valence electrons. The van der Waals surface area contributed by atoms with Gasteiger partial charge in [-0.05, 0) is 43.7 Å². The first-order valence-electron chi connectivity index (χ1n) is 6.04. The summed E-state index contributed by atoms with van der Waals surface area (Å²) in [4.78, 5) is 0. The Balaban J connectivity index is 0.00000106. The Morgan fingerprint density at radius 1 is 1.31 bits per heavy atom. The fourth-order valence-electron chi connectivity index (χ4n) is 1.75. The van der Waals surface area contributed by atoms with Crippen LogP contribution in [0.3, 0.4) is 0 Å². The van der Waals surface area contributed by atoms with Crippen molar-refractivity contribution in [3.8, 4) is 5.75 Å². The molecule has 1 atom stereocenters. The van der Waals surface area contributed by atoms with E-state index >= 15 is 0 Å². The van der Waals surface area contributed by atoms with E-state index in [1.165, 1.54) is 11.1 Å². The molecule has 0 heterocycles. The maximum absolute atomic E-state index is 5.18. The van der Waals surface area contributed by atoms with Crippen LogP contribution >= 0.6 is 0 Å². The van der Waals surface area contributed by atoms with E-state index in [4.69, 9.17) is 4.74 Å². The van der Waals surface area contributed by atoms with Crippen molar-refractivity contribution in [3.63, 3.8) is 0 Å². The minimum Gasteiger partial charge on any atom is -0.497 e. The van der Waals surface area contributed by atoms with Crippen molar-refractivity contribution in [2.45, 2.75) is 40.2 Å². The SMILES string of the molecule is CC.CCC(NC)c1ccc(OC)cc1C. The molecule has 0 spiro atoms. The van der Waals surface area contributed by atoms with E-state index in [-0.39, 0.29) is 0 Å². The monoisotopic (exact) mass is 223 g/mol. The summed E-state index contributed by atoms with van der Waals surface area (Å²) in [5, 5.41) is 3.31. The summed E-state index contributed by atoms with van der Waals surface area (Å²) in [7, 11) is 3.70. The van der Waals surface area contributed by atoms with Gasteiger partial charge in [0.1, 0.15) is 5.75 Å². The van der Waals surface area contributed by atoms with Gasteiger partial charge in [-0.1, -0.05) is 26.8 Å². The average Bonchev–Trinajstić information content (AvgIpc) is 2.35. The second-order valence-corrected chi connectivity index (χ2v) is 3.47. The van der Waals surface area contributed by atoms with Crippen LogP contribution in [0.5, 0.6) is 5.75 Å². The first-order valence-corrected chi connectivity index (χ1v) is 6.04. The van der Waals surface area contributed by atoms with Crippen molar-refractivity contribution < 1.29 is 4.74 Å². The third kappa shape index (κ3) is 3.86. The second-order valence-electron chi connectivity index (χ2n) is 3.47. The zero-order valence-electron chi connectivity index (χ0n) is 11.4. The Labute approximate surface area is 100 Å². The van der Waals surface area contributed by atoms with Crippen molar-refractivity contribution in [2.24, 2.45) is 0 Å². The van der Waals surface area contributed by atoms with Gasteiger partial charge < -0.3 is 10.1 Å². The summed E-state index contributed by atoms with van der Waals surface area (Å²) in [6.07, 6.45) is 1.10. The fraction of sp³-hybridized carbons (Fsp3) is 0.571. The van der Waals surface area contributed by atoms with Gasteiger partial charge in [-0.25, -0.2) is 0 Å². The summed E-state index contributed by atoms with van der Waals surface area (Å²) in [6.45, 7) is 8.31. The summed E-state index contributed by atoms with van der Waals surface area (Å²) >= 11 is 0.